The van der Waals surface area contributed by atoms with Gasteiger partial charge in [-0.15, -0.1) is 23.2 Å². The molecule has 2 aliphatic carbocycles. The number of anilines is 1. The van der Waals surface area contributed by atoms with Crippen molar-refractivity contribution in [1.82, 2.24) is 5.32 Å². The monoisotopic (exact) mass is 531 g/mol. The van der Waals surface area contributed by atoms with E-state index < -0.39 is 39.9 Å². The van der Waals surface area contributed by atoms with Crippen LogP contribution >= 0.6 is 46.4 Å². The van der Waals surface area contributed by atoms with Crippen LogP contribution in [-0.4, -0.2) is 21.7 Å². The van der Waals surface area contributed by atoms with E-state index in [9.17, 15) is 18.4 Å². The minimum atomic E-state index is -2.75. The first kappa shape index (κ1) is 24.0. The van der Waals surface area contributed by atoms with Crippen molar-refractivity contribution in [1.29, 1.82) is 5.26 Å². The van der Waals surface area contributed by atoms with Gasteiger partial charge in [0, 0.05) is 22.2 Å². The first-order valence-corrected chi connectivity index (χ1v) is 11.3. The van der Waals surface area contributed by atoms with Gasteiger partial charge in [-0.25, -0.2) is 8.78 Å². The second-order valence-electron chi connectivity index (χ2n) is 8.08. The molecule has 0 aromatic heterocycles. The lowest BCUT2D eigenvalue weighted by Gasteiger charge is -2.12. The number of nitrogens with zero attached hydrogens (tertiary/aromatic N) is 1. The van der Waals surface area contributed by atoms with Crippen LogP contribution in [0.3, 0.4) is 0 Å². The number of rotatable bonds is 6. The molecule has 0 radical (unpaired) electrons. The maximum absolute atomic E-state index is 13.1. The zero-order chi connectivity index (χ0) is 24.1. The molecule has 2 atom stereocenters. The first-order chi connectivity index (χ1) is 15.5. The first-order valence-electron chi connectivity index (χ1n) is 9.78. The summed E-state index contributed by atoms with van der Waals surface area (Å²) in [6.45, 7) is 0. The van der Waals surface area contributed by atoms with Crippen molar-refractivity contribution in [2.24, 2.45) is 5.92 Å². The second kappa shape index (κ2) is 8.59. The van der Waals surface area contributed by atoms with E-state index in [1.165, 1.54) is 30.3 Å². The molecule has 0 bridgehead atoms. The summed E-state index contributed by atoms with van der Waals surface area (Å²) in [6.07, 6.45) is -1.64. The highest BCUT2D eigenvalue weighted by Gasteiger charge is 2.67. The molecule has 0 heterocycles. The number of carbonyl (C=O) groups is 2. The number of nitrogens with one attached hydrogen (secondary N) is 2. The van der Waals surface area contributed by atoms with Crippen LogP contribution in [0.1, 0.15) is 46.7 Å². The van der Waals surface area contributed by atoms with Gasteiger partial charge in [0.25, 0.3) is 12.3 Å². The molecule has 0 unspecified atom stereocenters. The molecule has 172 valence electrons. The van der Waals surface area contributed by atoms with Crippen LogP contribution < -0.4 is 10.6 Å². The van der Waals surface area contributed by atoms with Crippen LogP contribution in [-0.2, 0) is 4.79 Å². The van der Waals surface area contributed by atoms with Gasteiger partial charge in [-0.1, -0.05) is 23.2 Å². The van der Waals surface area contributed by atoms with Crippen molar-refractivity contribution in [3.8, 4) is 6.07 Å². The Balaban J connectivity index is 1.52. The van der Waals surface area contributed by atoms with Gasteiger partial charge in [-0.3, -0.25) is 9.59 Å². The number of carbonyl (C=O) groups excluding carboxylic acids is 2. The average Bonchev–Trinajstić information content (AvgIpc) is 3.63. The largest absolute Gasteiger partial charge is 0.334 e. The minimum Gasteiger partial charge on any atom is -0.334 e. The molecule has 4 rings (SSSR count). The topological polar surface area (TPSA) is 82.0 Å². The van der Waals surface area contributed by atoms with Gasteiger partial charge in [0.1, 0.15) is 9.87 Å². The Bertz CT molecular complexity index is 1190. The number of benzene rings is 2. The Labute approximate surface area is 207 Å². The number of hydrogen-bond donors (Lipinski definition) is 2. The van der Waals surface area contributed by atoms with Gasteiger partial charge in [-0.05, 0) is 54.8 Å². The lowest BCUT2D eigenvalue weighted by Crippen LogP contribution is -2.35. The fourth-order valence-corrected chi connectivity index (χ4v) is 4.96. The van der Waals surface area contributed by atoms with E-state index in [4.69, 9.17) is 51.7 Å². The molecule has 2 aromatic carbocycles. The van der Waals surface area contributed by atoms with Gasteiger partial charge in [0.15, 0.2) is 0 Å². The van der Waals surface area contributed by atoms with Gasteiger partial charge in [0.2, 0.25) is 5.91 Å². The summed E-state index contributed by atoms with van der Waals surface area (Å²) < 4.78 is 24.8. The summed E-state index contributed by atoms with van der Waals surface area (Å²) in [5, 5.41) is 14.7. The molecule has 2 amide bonds. The van der Waals surface area contributed by atoms with Crippen LogP contribution in [0.2, 0.25) is 10.0 Å². The highest BCUT2D eigenvalue weighted by Crippen LogP contribution is 2.65. The normalized spacial score (nSPS) is 21.8. The van der Waals surface area contributed by atoms with Gasteiger partial charge >= 0.3 is 0 Å². The molecule has 2 aromatic rings. The molecule has 2 aliphatic rings. The van der Waals surface area contributed by atoms with E-state index in [2.05, 4.69) is 16.7 Å². The van der Waals surface area contributed by atoms with Crippen LogP contribution in [0.5, 0.6) is 0 Å². The van der Waals surface area contributed by atoms with Crippen LogP contribution in [0.4, 0.5) is 14.5 Å². The van der Waals surface area contributed by atoms with E-state index in [1.807, 2.05) is 0 Å². The van der Waals surface area contributed by atoms with Crippen LogP contribution in [0.15, 0.2) is 36.4 Å². The molecule has 0 aliphatic heterocycles. The highest BCUT2D eigenvalue weighted by molar-refractivity contribution is 6.53. The van der Waals surface area contributed by atoms with E-state index in [0.29, 0.717) is 18.4 Å². The predicted molar refractivity (Wildman–Crippen MR) is 122 cm³/mol. The summed E-state index contributed by atoms with van der Waals surface area (Å²) >= 11 is 24.7. The van der Waals surface area contributed by atoms with E-state index in [1.54, 1.807) is 0 Å². The van der Waals surface area contributed by atoms with Gasteiger partial charge in [0.05, 0.1) is 22.6 Å². The number of alkyl halides is 4. The Hall–Kier alpha value is -2.11. The molecule has 2 saturated carbocycles. The maximum Gasteiger partial charge on any atom is 0.263 e. The van der Waals surface area contributed by atoms with Gasteiger partial charge < -0.3 is 10.6 Å². The Kier molecular flexibility index (Phi) is 6.25. The molecule has 0 spiro atoms. The van der Waals surface area contributed by atoms with Crippen LogP contribution in [0.25, 0.3) is 0 Å². The quantitative estimate of drug-likeness (QED) is 0.432. The third-order valence-corrected chi connectivity index (χ3v) is 7.17. The minimum absolute atomic E-state index is 0.0807. The lowest BCUT2D eigenvalue weighted by atomic mass is 10.1. The third-order valence-electron chi connectivity index (χ3n) is 5.68. The Morgan fingerprint density at radius 2 is 1.82 bits per heavy atom. The second-order valence-corrected chi connectivity index (χ2v) is 10.4. The number of hydrogen-bond acceptors (Lipinski definition) is 3. The van der Waals surface area contributed by atoms with Crippen molar-refractivity contribution in [2.45, 2.75) is 35.1 Å². The Morgan fingerprint density at radius 3 is 2.42 bits per heavy atom. The summed E-state index contributed by atoms with van der Waals surface area (Å²) in [6, 6.07) is 10.2. The molecule has 2 fully saturated rings. The molecule has 5 nitrogen and oxygen atoms in total. The smallest absolute Gasteiger partial charge is 0.263 e. The Morgan fingerprint density at radius 1 is 1.12 bits per heavy atom. The average molecular weight is 533 g/mol. The summed E-state index contributed by atoms with van der Waals surface area (Å²) in [5.74, 6) is -2.79. The SMILES string of the molecule is N#CC1(NC(=O)c2cc(NC(=O)[C@@H]3[C@@H](c4cc(Cl)cc(C(F)F)c4)C3(Cl)Cl)ccc2Cl)CC1. The third kappa shape index (κ3) is 4.76. The number of halogens is 6. The molecule has 2 N–H and O–H groups in total. The number of nitriles is 1. The molecule has 33 heavy (non-hydrogen) atoms. The summed E-state index contributed by atoms with van der Waals surface area (Å²) in [5.41, 5.74) is -0.517. The van der Waals surface area contributed by atoms with Crippen molar-refractivity contribution in [2.75, 3.05) is 5.32 Å². The molecule has 11 heteroatoms. The predicted octanol–water partition coefficient (Wildman–Crippen LogP) is 6.24. The molecular weight excluding hydrogens is 518 g/mol. The fourth-order valence-electron chi connectivity index (χ4n) is 3.68. The highest BCUT2D eigenvalue weighted by atomic mass is 35.5. The fraction of sp³-hybridized carbons (Fsp3) is 0.318. The maximum atomic E-state index is 13.1. The molecule has 0 saturated heterocycles. The lowest BCUT2D eigenvalue weighted by molar-refractivity contribution is -0.117. The van der Waals surface area contributed by atoms with E-state index in [-0.39, 0.29) is 26.9 Å². The van der Waals surface area contributed by atoms with Crippen LogP contribution in [0, 0.1) is 17.2 Å². The standard InChI is InChI=1S/C22H15Cl4F2N3O2/c23-12-6-10(5-11(7-12)18(27)28)16-17(22(16,25)26)20(33)30-13-1-2-15(24)14(8-13)19(32)31-21(9-29)3-4-21/h1-2,5-8,16-18H,3-4H2,(H,30,33)(H,31,32)/t16-,17+/m1/s1. The van der Waals surface area contributed by atoms with Crippen molar-refractivity contribution in [3.63, 3.8) is 0 Å². The summed E-state index contributed by atoms with van der Waals surface area (Å²) in [7, 11) is 0. The zero-order valence-electron chi connectivity index (χ0n) is 16.6. The van der Waals surface area contributed by atoms with Crippen molar-refractivity contribution < 1.29 is 18.4 Å². The van der Waals surface area contributed by atoms with Crippen molar-refractivity contribution in [3.05, 3.63) is 63.1 Å². The number of amides is 2. The van der Waals surface area contributed by atoms with Crippen molar-refractivity contribution >= 4 is 63.9 Å². The zero-order valence-corrected chi connectivity index (χ0v) is 19.7. The van der Waals surface area contributed by atoms with E-state index >= 15 is 0 Å². The van der Waals surface area contributed by atoms with E-state index in [0.717, 1.165) is 6.07 Å². The van der Waals surface area contributed by atoms with Gasteiger partial charge in [-0.2, -0.15) is 5.26 Å². The molecular formula is C22H15Cl4F2N3O2. The summed E-state index contributed by atoms with van der Waals surface area (Å²) in [4.78, 5) is 25.4.